The Hall–Kier alpha value is -0.430. The summed E-state index contributed by atoms with van der Waals surface area (Å²) in [5, 5.41) is 9.22. The number of thiophene rings is 1. The monoisotopic (exact) mass is 277 g/mol. The van der Waals surface area contributed by atoms with E-state index in [-0.39, 0.29) is 12.5 Å². The first-order valence-corrected chi connectivity index (χ1v) is 7.90. The van der Waals surface area contributed by atoms with Gasteiger partial charge < -0.3 is 5.11 Å². The van der Waals surface area contributed by atoms with Gasteiger partial charge in [-0.25, -0.2) is 13.1 Å². The van der Waals surface area contributed by atoms with Crippen LogP contribution in [-0.2, 0) is 10.0 Å². The number of rotatable bonds is 6. The maximum Gasteiger partial charge on any atom is 0.250 e. The van der Waals surface area contributed by atoms with Gasteiger partial charge >= 0.3 is 0 Å². The molecule has 98 valence electrons. The maximum atomic E-state index is 12.0. The van der Waals surface area contributed by atoms with E-state index in [0.717, 1.165) is 11.3 Å². The molecule has 1 heterocycles. The van der Waals surface area contributed by atoms with Gasteiger partial charge in [0.05, 0.1) is 6.61 Å². The van der Waals surface area contributed by atoms with Crippen molar-refractivity contribution in [2.24, 2.45) is 5.92 Å². The molecule has 0 aliphatic heterocycles. The van der Waals surface area contributed by atoms with Crippen molar-refractivity contribution >= 4 is 21.4 Å². The molecule has 1 rings (SSSR count). The SMILES string of the molecule is CC[C@H](C)C(CO)NS(=O)(=O)c1ccc(C)s1. The molecule has 0 aliphatic rings. The molecule has 0 saturated carbocycles. The van der Waals surface area contributed by atoms with E-state index in [1.807, 2.05) is 20.8 Å². The van der Waals surface area contributed by atoms with Crippen LogP contribution >= 0.6 is 11.3 Å². The van der Waals surface area contributed by atoms with Crippen LogP contribution in [-0.4, -0.2) is 26.2 Å². The van der Waals surface area contributed by atoms with Gasteiger partial charge in [-0.15, -0.1) is 11.3 Å². The zero-order chi connectivity index (χ0) is 13.1. The molecule has 0 bridgehead atoms. The highest BCUT2D eigenvalue weighted by Crippen LogP contribution is 2.21. The van der Waals surface area contributed by atoms with Gasteiger partial charge in [0.2, 0.25) is 10.0 Å². The van der Waals surface area contributed by atoms with Crippen molar-refractivity contribution in [2.75, 3.05) is 6.61 Å². The van der Waals surface area contributed by atoms with Crippen LogP contribution in [0.5, 0.6) is 0 Å². The van der Waals surface area contributed by atoms with Crippen molar-refractivity contribution in [1.29, 1.82) is 0 Å². The lowest BCUT2D eigenvalue weighted by Crippen LogP contribution is -2.41. The van der Waals surface area contributed by atoms with Crippen LogP contribution in [0.3, 0.4) is 0 Å². The molecule has 4 nitrogen and oxygen atoms in total. The quantitative estimate of drug-likeness (QED) is 0.832. The third kappa shape index (κ3) is 3.77. The Labute approximate surface area is 107 Å². The number of hydrogen-bond donors (Lipinski definition) is 2. The summed E-state index contributed by atoms with van der Waals surface area (Å²) in [6.45, 7) is 5.57. The lowest BCUT2D eigenvalue weighted by atomic mass is 10.0. The minimum atomic E-state index is -3.50. The second-order valence-corrected chi connectivity index (χ2v) is 7.39. The van der Waals surface area contributed by atoms with Crippen LogP contribution in [0, 0.1) is 12.8 Å². The summed E-state index contributed by atoms with van der Waals surface area (Å²) >= 11 is 1.23. The van der Waals surface area contributed by atoms with Crippen LogP contribution < -0.4 is 4.72 Å². The molecule has 0 amide bonds. The molecule has 0 fully saturated rings. The van der Waals surface area contributed by atoms with Crippen molar-refractivity contribution in [3.8, 4) is 0 Å². The number of aryl methyl sites for hydroxylation is 1. The molecular weight excluding hydrogens is 258 g/mol. The molecule has 1 aromatic heterocycles. The molecule has 0 aliphatic carbocycles. The third-order valence-electron chi connectivity index (χ3n) is 2.81. The predicted molar refractivity (Wildman–Crippen MR) is 69.7 cm³/mol. The summed E-state index contributed by atoms with van der Waals surface area (Å²) in [5.74, 6) is 0.107. The zero-order valence-corrected chi connectivity index (χ0v) is 11.9. The normalized spacial score (nSPS) is 15.8. The average molecular weight is 277 g/mol. The second kappa shape index (κ2) is 5.95. The van der Waals surface area contributed by atoms with E-state index in [1.54, 1.807) is 12.1 Å². The van der Waals surface area contributed by atoms with Gasteiger partial charge in [0, 0.05) is 10.9 Å². The molecule has 2 atom stereocenters. The van der Waals surface area contributed by atoms with Crippen molar-refractivity contribution in [3.63, 3.8) is 0 Å². The molecule has 0 saturated heterocycles. The van der Waals surface area contributed by atoms with Crippen molar-refractivity contribution in [2.45, 2.75) is 37.4 Å². The Morgan fingerprint density at radius 3 is 2.53 bits per heavy atom. The summed E-state index contributed by atoms with van der Waals surface area (Å²) in [4.78, 5) is 0.953. The summed E-state index contributed by atoms with van der Waals surface area (Å²) in [5.41, 5.74) is 0. The minimum absolute atomic E-state index is 0.107. The summed E-state index contributed by atoms with van der Waals surface area (Å²) in [6.07, 6.45) is 0.817. The third-order valence-corrected chi connectivity index (χ3v) is 5.80. The van der Waals surface area contributed by atoms with Crippen molar-refractivity contribution in [3.05, 3.63) is 17.0 Å². The Kier molecular flexibility index (Phi) is 5.12. The van der Waals surface area contributed by atoms with E-state index in [1.165, 1.54) is 11.3 Å². The van der Waals surface area contributed by atoms with Gasteiger partial charge in [0.1, 0.15) is 4.21 Å². The Balaban J connectivity index is 2.85. The summed E-state index contributed by atoms with van der Waals surface area (Å²) in [7, 11) is -3.50. The van der Waals surface area contributed by atoms with Gasteiger partial charge in [-0.05, 0) is 25.0 Å². The van der Waals surface area contributed by atoms with E-state index in [0.29, 0.717) is 4.21 Å². The number of nitrogens with one attached hydrogen (secondary N) is 1. The highest BCUT2D eigenvalue weighted by molar-refractivity contribution is 7.91. The largest absolute Gasteiger partial charge is 0.395 e. The van der Waals surface area contributed by atoms with Crippen LogP contribution in [0.4, 0.5) is 0 Å². The minimum Gasteiger partial charge on any atom is -0.395 e. The number of aliphatic hydroxyl groups excluding tert-OH is 1. The fraction of sp³-hybridized carbons (Fsp3) is 0.636. The van der Waals surface area contributed by atoms with E-state index in [2.05, 4.69) is 4.72 Å². The Bertz CT molecular complexity index is 453. The second-order valence-electron chi connectivity index (χ2n) is 4.16. The molecule has 17 heavy (non-hydrogen) atoms. The Morgan fingerprint density at radius 2 is 2.12 bits per heavy atom. The fourth-order valence-electron chi connectivity index (χ4n) is 1.43. The van der Waals surface area contributed by atoms with Gasteiger partial charge in [0.25, 0.3) is 0 Å². The molecule has 0 spiro atoms. The molecule has 0 radical (unpaired) electrons. The number of sulfonamides is 1. The fourth-order valence-corrected chi connectivity index (χ4v) is 4.07. The molecule has 1 unspecified atom stereocenters. The first-order valence-electron chi connectivity index (χ1n) is 5.60. The van der Waals surface area contributed by atoms with Crippen LogP contribution in [0.2, 0.25) is 0 Å². The topological polar surface area (TPSA) is 66.4 Å². The van der Waals surface area contributed by atoms with Crippen LogP contribution in [0.1, 0.15) is 25.1 Å². The van der Waals surface area contributed by atoms with Gasteiger partial charge in [-0.2, -0.15) is 0 Å². The standard InChI is InChI=1S/C11H19NO3S2/c1-4-8(2)10(7-13)12-17(14,15)11-6-5-9(3)16-11/h5-6,8,10,12-13H,4,7H2,1-3H3/t8-,10?/m0/s1. The van der Waals surface area contributed by atoms with Gasteiger partial charge in [-0.3, -0.25) is 0 Å². The number of hydrogen-bond acceptors (Lipinski definition) is 4. The van der Waals surface area contributed by atoms with Crippen molar-refractivity contribution < 1.29 is 13.5 Å². The van der Waals surface area contributed by atoms with E-state index in [4.69, 9.17) is 0 Å². The first kappa shape index (κ1) is 14.6. The van der Waals surface area contributed by atoms with E-state index < -0.39 is 16.1 Å². The van der Waals surface area contributed by atoms with Gasteiger partial charge in [0.15, 0.2) is 0 Å². The highest BCUT2D eigenvalue weighted by atomic mass is 32.2. The van der Waals surface area contributed by atoms with Crippen LogP contribution in [0.15, 0.2) is 16.3 Å². The zero-order valence-electron chi connectivity index (χ0n) is 10.3. The smallest absolute Gasteiger partial charge is 0.250 e. The predicted octanol–water partition coefficient (Wildman–Crippen LogP) is 1.74. The number of aliphatic hydroxyl groups is 1. The Morgan fingerprint density at radius 1 is 1.47 bits per heavy atom. The van der Waals surface area contributed by atoms with Gasteiger partial charge in [-0.1, -0.05) is 20.3 Å². The van der Waals surface area contributed by atoms with E-state index >= 15 is 0 Å². The average Bonchev–Trinajstić information content (AvgIpc) is 2.72. The van der Waals surface area contributed by atoms with E-state index in [9.17, 15) is 13.5 Å². The molecule has 2 N–H and O–H groups in total. The molecule has 6 heteroatoms. The maximum absolute atomic E-state index is 12.0. The highest BCUT2D eigenvalue weighted by Gasteiger charge is 2.24. The lowest BCUT2D eigenvalue weighted by molar-refractivity contribution is 0.219. The van der Waals surface area contributed by atoms with Crippen molar-refractivity contribution in [1.82, 2.24) is 4.72 Å². The lowest BCUT2D eigenvalue weighted by Gasteiger charge is -2.21. The molecule has 0 aromatic carbocycles. The molecular formula is C11H19NO3S2. The first-order chi connectivity index (χ1) is 7.90. The summed E-state index contributed by atoms with van der Waals surface area (Å²) in [6, 6.07) is 2.94. The molecule has 1 aromatic rings. The summed E-state index contributed by atoms with van der Waals surface area (Å²) < 4.78 is 26.9. The van der Waals surface area contributed by atoms with Crippen LogP contribution in [0.25, 0.3) is 0 Å².